The molecule has 148 valence electrons. The van der Waals surface area contributed by atoms with Crippen molar-refractivity contribution in [1.82, 2.24) is 9.29 Å². The van der Waals surface area contributed by atoms with Crippen LogP contribution in [0.5, 0.6) is 0 Å². The molecule has 1 aliphatic heterocycles. The number of rotatable bonds is 4. The van der Waals surface area contributed by atoms with E-state index in [0.717, 1.165) is 6.26 Å². The number of fused-ring (bicyclic) bond motifs is 1. The number of carbonyl (C=O) groups is 2. The van der Waals surface area contributed by atoms with Gasteiger partial charge in [-0.05, 0) is 24.3 Å². The Morgan fingerprint density at radius 2 is 1.90 bits per heavy atom. The van der Waals surface area contributed by atoms with E-state index in [4.69, 9.17) is 10.2 Å². The molecule has 10 nitrogen and oxygen atoms in total. The SMILES string of the molecule is Nc1ccccc1NC(=O)c1coc(CN2C(=O)Nc3ccccc3S2(=O)=O)n1. The number of urea groups is 1. The van der Waals surface area contributed by atoms with Crippen molar-refractivity contribution in [3.8, 4) is 0 Å². The summed E-state index contributed by atoms with van der Waals surface area (Å²) in [5.74, 6) is -0.705. The molecule has 3 amide bonds. The molecule has 29 heavy (non-hydrogen) atoms. The van der Waals surface area contributed by atoms with Crippen molar-refractivity contribution in [2.45, 2.75) is 11.4 Å². The van der Waals surface area contributed by atoms with Crippen molar-refractivity contribution >= 4 is 39.0 Å². The van der Waals surface area contributed by atoms with Crippen molar-refractivity contribution in [3.63, 3.8) is 0 Å². The Morgan fingerprint density at radius 3 is 2.69 bits per heavy atom. The molecule has 11 heteroatoms. The number of nitrogens with one attached hydrogen (secondary N) is 2. The van der Waals surface area contributed by atoms with Crippen LogP contribution in [-0.2, 0) is 16.6 Å². The standard InChI is InChI=1S/C18H15N5O5S/c19-11-5-1-2-6-12(11)21-17(24)14-10-28-16(20-14)9-23-18(25)22-13-7-3-4-8-15(13)29(23,26)27/h1-8,10H,9,19H2,(H,21,24)(H,22,25). The summed E-state index contributed by atoms with van der Waals surface area (Å²) in [5, 5.41) is 5.08. The number of nitrogen functional groups attached to an aromatic ring is 1. The Bertz CT molecular complexity index is 1220. The molecule has 0 radical (unpaired) electrons. The van der Waals surface area contributed by atoms with E-state index in [0.29, 0.717) is 15.7 Å². The van der Waals surface area contributed by atoms with E-state index < -0.39 is 28.5 Å². The molecule has 3 aromatic rings. The minimum absolute atomic E-state index is 0.0383. The average Bonchev–Trinajstić information content (AvgIpc) is 3.16. The molecule has 0 saturated heterocycles. The second kappa shape index (κ2) is 6.95. The van der Waals surface area contributed by atoms with Crippen LogP contribution >= 0.6 is 0 Å². The minimum Gasteiger partial charge on any atom is -0.446 e. The molecule has 0 saturated carbocycles. The van der Waals surface area contributed by atoms with Crippen LogP contribution in [0.3, 0.4) is 0 Å². The van der Waals surface area contributed by atoms with E-state index in [1.807, 2.05) is 0 Å². The third-order valence-electron chi connectivity index (χ3n) is 4.20. The first-order valence-electron chi connectivity index (χ1n) is 8.39. The maximum Gasteiger partial charge on any atom is 0.336 e. The molecule has 0 spiro atoms. The van der Waals surface area contributed by atoms with E-state index in [-0.39, 0.29) is 22.2 Å². The lowest BCUT2D eigenvalue weighted by Gasteiger charge is -2.27. The molecule has 0 aliphatic carbocycles. The van der Waals surface area contributed by atoms with Gasteiger partial charge in [0.15, 0.2) is 5.69 Å². The van der Waals surface area contributed by atoms with E-state index in [9.17, 15) is 18.0 Å². The first-order chi connectivity index (χ1) is 13.9. The zero-order valence-corrected chi connectivity index (χ0v) is 15.6. The number of carbonyl (C=O) groups excluding carboxylic acids is 2. The highest BCUT2D eigenvalue weighted by molar-refractivity contribution is 7.90. The summed E-state index contributed by atoms with van der Waals surface area (Å²) in [5.41, 5.74) is 6.67. The number of oxazole rings is 1. The summed E-state index contributed by atoms with van der Waals surface area (Å²) in [6, 6.07) is 11.9. The number of sulfonamides is 1. The predicted octanol–water partition coefficient (Wildman–Crippen LogP) is 2.25. The molecule has 0 unspecified atom stereocenters. The fourth-order valence-electron chi connectivity index (χ4n) is 2.76. The fourth-order valence-corrected chi connectivity index (χ4v) is 4.19. The maximum absolute atomic E-state index is 12.7. The molecule has 4 N–H and O–H groups in total. The number of nitrogens with zero attached hydrogens (tertiary/aromatic N) is 2. The summed E-state index contributed by atoms with van der Waals surface area (Å²) < 4.78 is 31.3. The Labute approximate surface area is 165 Å². The van der Waals surface area contributed by atoms with E-state index in [1.54, 1.807) is 36.4 Å². The Morgan fingerprint density at radius 1 is 1.17 bits per heavy atom. The van der Waals surface area contributed by atoms with Gasteiger partial charge in [-0.3, -0.25) is 4.79 Å². The van der Waals surface area contributed by atoms with Crippen molar-refractivity contribution in [3.05, 3.63) is 66.4 Å². The number of benzene rings is 2. The van der Waals surface area contributed by atoms with Crippen LogP contribution in [0.15, 0.2) is 64.1 Å². The number of para-hydroxylation sites is 3. The molecule has 0 fully saturated rings. The summed E-state index contributed by atoms with van der Waals surface area (Å²) in [4.78, 5) is 28.5. The minimum atomic E-state index is -4.09. The van der Waals surface area contributed by atoms with Crippen LogP contribution in [0, 0.1) is 0 Å². The van der Waals surface area contributed by atoms with Gasteiger partial charge in [0.25, 0.3) is 15.9 Å². The molecular weight excluding hydrogens is 398 g/mol. The Kier molecular flexibility index (Phi) is 4.43. The Balaban J connectivity index is 1.54. The molecule has 0 bridgehead atoms. The van der Waals surface area contributed by atoms with Crippen LogP contribution < -0.4 is 16.4 Å². The van der Waals surface area contributed by atoms with Gasteiger partial charge >= 0.3 is 6.03 Å². The van der Waals surface area contributed by atoms with Crippen molar-refractivity contribution in [1.29, 1.82) is 0 Å². The number of nitrogens with two attached hydrogens (primary N) is 1. The van der Waals surface area contributed by atoms with Gasteiger partial charge in [-0.2, -0.15) is 0 Å². The molecule has 2 heterocycles. The maximum atomic E-state index is 12.7. The van der Waals surface area contributed by atoms with E-state index in [1.165, 1.54) is 12.1 Å². The van der Waals surface area contributed by atoms with Gasteiger partial charge < -0.3 is 20.8 Å². The van der Waals surface area contributed by atoms with Gasteiger partial charge in [-0.25, -0.2) is 22.5 Å². The van der Waals surface area contributed by atoms with Gasteiger partial charge in [-0.1, -0.05) is 24.3 Å². The second-order valence-electron chi connectivity index (χ2n) is 6.11. The largest absolute Gasteiger partial charge is 0.446 e. The van der Waals surface area contributed by atoms with Crippen LogP contribution in [0.2, 0.25) is 0 Å². The normalized spacial score (nSPS) is 14.8. The zero-order valence-electron chi connectivity index (χ0n) is 14.8. The predicted molar refractivity (Wildman–Crippen MR) is 104 cm³/mol. The van der Waals surface area contributed by atoms with Crippen molar-refractivity contribution in [2.75, 3.05) is 16.4 Å². The highest BCUT2D eigenvalue weighted by Crippen LogP contribution is 2.30. The lowest BCUT2D eigenvalue weighted by molar-refractivity contribution is 0.102. The molecule has 1 aromatic heterocycles. The average molecular weight is 413 g/mol. The number of anilines is 3. The van der Waals surface area contributed by atoms with Crippen LogP contribution in [0.4, 0.5) is 21.9 Å². The monoisotopic (exact) mass is 413 g/mol. The third-order valence-corrected chi connectivity index (χ3v) is 5.98. The first kappa shape index (κ1) is 18.5. The number of hydrogen-bond donors (Lipinski definition) is 3. The highest BCUT2D eigenvalue weighted by atomic mass is 32.2. The Hall–Kier alpha value is -3.86. The smallest absolute Gasteiger partial charge is 0.336 e. The van der Waals surface area contributed by atoms with Gasteiger partial charge in [0.05, 0.1) is 17.1 Å². The molecule has 0 atom stereocenters. The summed E-state index contributed by atoms with van der Waals surface area (Å²) in [7, 11) is -4.09. The second-order valence-corrected chi connectivity index (χ2v) is 7.94. The van der Waals surface area contributed by atoms with Crippen molar-refractivity contribution < 1.29 is 22.4 Å². The summed E-state index contributed by atoms with van der Waals surface area (Å²) in [6.07, 6.45) is 1.08. The molecule has 4 rings (SSSR count). The quantitative estimate of drug-likeness (QED) is 0.556. The lowest BCUT2D eigenvalue weighted by Crippen LogP contribution is -2.43. The molecular formula is C18H15N5O5S. The van der Waals surface area contributed by atoms with Gasteiger partial charge in [-0.15, -0.1) is 0 Å². The van der Waals surface area contributed by atoms with Crippen LogP contribution in [0.1, 0.15) is 16.4 Å². The third kappa shape index (κ3) is 3.38. The number of hydrogen-bond acceptors (Lipinski definition) is 7. The summed E-state index contributed by atoms with van der Waals surface area (Å²) >= 11 is 0. The fraction of sp³-hybridized carbons (Fsp3) is 0.0556. The zero-order chi connectivity index (χ0) is 20.6. The number of amides is 3. The van der Waals surface area contributed by atoms with E-state index >= 15 is 0 Å². The van der Waals surface area contributed by atoms with Gasteiger partial charge in [0, 0.05) is 0 Å². The molecule has 2 aromatic carbocycles. The van der Waals surface area contributed by atoms with Crippen LogP contribution in [-0.4, -0.2) is 29.6 Å². The number of aromatic nitrogens is 1. The van der Waals surface area contributed by atoms with E-state index in [2.05, 4.69) is 15.6 Å². The topological polar surface area (TPSA) is 148 Å². The molecule has 1 aliphatic rings. The van der Waals surface area contributed by atoms with Gasteiger partial charge in [0.1, 0.15) is 17.7 Å². The van der Waals surface area contributed by atoms with Gasteiger partial charge in [0.2, 0.25) is 5.89 Å². The first-order valence-corrected chi connectivity index (χ1v) is 9.83. The van der Waals surface area contributed by atoms with Crippen LogP contribution in [0.25, 0.3) is 0 Å². The van der Waals surface area contributed by atoms with Crippen molar-refractivity contribution in [2.24, 2.45) is 0 Å². The highest BCUT2D eigenvalue weighted by Gasteiger charge is 2.37. The summed E-state index contributed by atoms with van der Waals surface area (Å²) in [6.45, 7) is -0.469. The lowest BCUT2D eigenvalue weighted by atomic mass is 10.2.